The summed E-state index contributed by atoms with van der Waals surface area (Å²) in [6, 6.07) is 4.59. The lowest BCUT2D eigenvalue weighted by Gasteiger charge is -2.39. The molecule has 1 aromatic rings. The molecule has 0 radical (unpaired) electrons. The van der Waals surface area contributed by atoms with Gasteiger partial charge >= 0.3 is 18.0 Å². The number of urea groups is 1. The zero-order valence-corrected chi connectivity index (χ0v) is 19.4. The van der Waals surface area contributed by atoms with Gasteiger partial charge in [-0.2, -0.15) is 0 Å². The third-order valence-electron chi connectivity index (χ3n) is 5.95. The number of piperidine rings is 1. The number of carbonyl (C=O) groups is 3. The Labute approximate surface area is 193 Å². The molecular formula is C24H32FN3O5. The number of rotatable bonds is 8. The van der Waals surface area contributed by atoms with Crippen molar-refractivity contribution in [1.29, 1.82) is 0 Å². The minimum Gasteiger partial charge on any atom is -0.466 e. The molecule has 0 aromatic heterocycles. The highest BCUT2D eigenvalue weighted by Gasteiger charge is 2.39. The van der Waals surface area contributed by atoms with Gasteiger partial charge in [-0.1, -0.05) is 12.1 Å². The number of amides is 2. The number of halogens is 1. The molecule has 2 atom stereocenters. The van der Waals surface area contributed by atoms with E-state index in [1.165, 1.54) is 17.0 Å². The van der Waals surface area contributed by atoms with E-state index in [9.17, 15) is 18.8 Å². The smallest absolute Gasteiger partial charge is 0.338 e. The number of nitrogens with zero attached hydrogens (tertiary/aromatic N) is 2. The molecule has 2 aliphatic rings. The maximum Gasteiger partial charge on any atom is 0.338 e. The minimum absolute atomic E-state index is 0.181. The van der Waals surface area contributed by atoms with Crippen LogP contribution in [0.1, 0.15) is 45.2 Å². The molecule has 180 valence electrons. The lowest BCUT2D eigenvalue weighted by molar-refractivity contribution is -0.150. The zero-order valence-electron chi connectivity index (χ0n) is 19.4. The van der Waals surface area contributed by atoms with Crippen molar-refractivity contribution in [1.82, 2.24) is 15.1 Å². The number of hydrogen-bond acceptors (Lipinski definition) is 6. The summed E-state index contributed by atoms with van der Waals surface area (Å²) in [6.45, 7) is 7.73. The van der Waals surface area contributed by atoms with Crippen molar-refractivity contribution in [2.45, 2.75) is 39.7 Å². The van der Waals surface area contributed by atoms with Crippen molar-refractivity contribution >= 4 is 18.0 Å². The first-order valence-electron chi connectivity index (χ1n) is 11.5. The molecule has 33 heavy (non-hydrogen) atoms. The molecule has 1 aromatic carbocycles. The lowest BCUT2D eigenvalue weighted by atomic mass is 9.93. The number of nitrogens with one attached hydrogen (secondary N) is 1. The number of likely N-dealkylation sites (N-methyl/N-ethyl adjacent to an activating group) is 1. The van der Waals surface area contributed by atoms with Crippen LogP contribution in [0.2, 0.25) is 0 Å². The summed E-state index contributed by atoms with van der Waals surface area (Å²) in [4.78, 5) is 42.0. The van der Waals surface area contributed by atoms with Gasteiger partial charge in [-0.25, -0.2) is 14.0 Å². The second-order valence-electron chi connectivity index (χ2n) is 8.09. The van der Waals surface area contributed by atoms with E-state index in [0.29, 0.717) is 43.1 Å². The Morgan fingerprint density at radius 1 is 1.12 bits per heavy atom. The standard InChI is InChI=1S/C24H32FN3O5/c1-4-28-19(15-27-13-7-8-17(14-27)22(29)32-5-2)20(23(30)33-6-3)21(26-24(28)31)16-9-11-18(25)12-10-16/h9-12,17,21H,4-8,13-15H2,1-3H3,(H,26,31)/t17-,21+/m0/s1. The van der Waals surface area contributed by atoms with Gasteiger partial charge in [-0.15, -0.1) is 0 Å². The first-order valence-corrected chi connectivity index (χ1v) is 11.5. The highest BCUT2D eigenvalue weighted by molar-refractivity contribution is 5.95. The van der Waals surface area contributed by atoms with E-state index in [1.54, 1.807) is 26.0 Å². The van der Waals surface area contributed by atoms with Gasteiger partial charge in [0.25, 0.3) is 0 Å². The van der Waals surface area contributed by atoms with Crippen molar-refractivity contribution in [2.75, 3.05) is 39.4 Å². The largest absolute Gasteiger partial charge is 0.466 e. The van der Waals surface area contributed by atoms with Gasteiger partial charge in [-0.3, -0.25) is 14.6 Å². The van der Waals surface area contributed by atoms with Crippen molar-refractivity contribution in [2.24, 2.45) is 5.92 Å². The van der Waals surface area contributed by atoms with Crippen LogP contribution in [0.25, 0.3) is 0 Å². The van der Waals surface area contributed by atoms with Crippen LogP contribution in [0.4, 0.5) is 9.18 Å². The zero-order chi connectivity index (χ0) is 24.0. The van der Waals surface area contributed by atoms with Crippen LogP contribution in [0, 0.1) is 11.7 Å². The van der Waals surface area contributed by atoms with E-state index in [1.807, 2.05) is 6.92 Å². The summed E-state index contributed by atoms with van der Waals surface area (Å²) in [5, 5.41) is 2.87. The monoisotopic (exact) mass is 461 g/mol. The van der Waals surface area contributed by atoms with E-state index < -0.39 is 17.8 Å². The fourth-order valence-corrected chi connectivity index (χ4v) is 4.43. The third-order valence-corrected chi connectivity index (χ3v) is 5.95. The van der Waals surface area contributed by atoms with Gasteiger partial charge in [0.1, 0.15) is 5.82 Å². The maximum atomic E-state index is 13.5. The van der Waals surface area contributed by atoms with E-state index in [0.717, 1.165) is 19.4 Å². The number of esters is 2. The lowest BCUT2D eigenvalue weighted by Crippen LogP contribution is -2.51. The number of hydrogen-bond donors (Lipinski definition) is 1. The third kappa shape index (κ3) is 5.71. The van der Waals surface area contributed by atoms with Crippen LogP contribution >= 0.6 is 0 Å². The highest BCUT2D eigenvalue weighted by atomic mass is 19.1. The average molecular weight is 462 g/mol. The molecule has 8 nitrogen and oxygen atoms in total. The fourth-order valence-electron chi connectivity index (χ4n) is 4.43. The van der Waals surface area contributed by atoms with Crippen molar-refractivity contribution in [3.05, 3.63) is 46.9 Å². The quantitative estimate of drug-likeness (QED) is 0.599. The molecule has 0 saturated carbocycles. The van der Waals surface area contributed by atoms with Gasteiger partial charge < -0.3 is 14.8 Å². The summed E-state index contributed by atoms with van der Waals surface area (Å²) in [7, 11) is 0. The molecule has 0 bridgehead atoms. The van der Waals surface area contributed by atoms with Gasteiger partial charge in [0.15, 0.2) is 0 Å². The molecule has 0 aliphatic carbocycles. The Morgan fingerprint density at radius 2 is 1.82 bits per heavy atom. The first-order chi connectivity index (χ1) is 15.9. The predicted molar refractivity (Wildman–Crippen MR) is 120 cm³/mol. The second kappa shape index (κ2) is 11.3. The first kappa shape index (κ1) is 24.7. The molecule has 3 rings (SSSR count). The summed E-state index contributed by atoms with van der Waals surface area (Å²) < 4.78 is 24.1. The second-order valence-corrected chi connectivity index (χ2v) is 8.09. The van der Waals surface area contributed by atoms with Crippen molar-refractivity contribution < 1.29 is 28.2 Å². The number of carbonyl (C=O) groups excluding carboxylic acids is 3. The van der Waals surface area contributed by atoms with Gasteiger partial charge in [0, 0.05) is 25.3 Å². The van der Waals surface area contributed by atoms with Gasteiger partial charge in [0.2, 0.25) is 0 Å². The van der Waals surface area contributed by atoms with Gasteiger partial charge in [-0.05, 0) is 57.9 Å². The molecule has 0 spiro atoms. The van der Waals surface area contributed by atoms with E-state index in [2.05, 4.69) is 10.2 Å². The average Bonchev–Trinajstić information content (AvgIpc) is 2.80. The van der Waals surface area contributed by atoms with Crippen molar-refractivity contribution in [3.63, 3.8) is 0 Å². The molecule has 2 amide bonds. The molecule has 9 heteroatoms. The summed E-state index contributed by atoms with van der Waals surface area (Å²) in [6.07, 6.45) is 1.56. The molecule has 0 unspecified atom stereocenters. The highest BCUT2D eigenvalue weighted by Crippen LogP contribution is 2.33. The number of ether oxygens (including phenoxy) is 2. The minimum atomic E-state index is -0.763. The molecule has 2 heterocycles. The van der Waals surface area contributed by atoms with E-state index in [4.69, 9.17) is 9.47 Å². The number of likely N-dealkylation sites (tertiary alicyclic amines) is 1. The Hall–Kier alpha value is -2.94. The molecule has 1 fully saturated rings. The van der Waals surface area contributed by atoms with Crippen LogP contribution in [0.5, 0.6) is 0 Å². The van der Waals surface area contributed by atoms with Gasteiger partial charge in [0.05, 0.1) is 30.7 Å². The van der Waals surface area contributed by atoms with E-state index >= 15 is 0 Å². The maximum absolute atomic E-state index is 13.5. The molecule has 1 N–H and O–H groups in total. The number of benzene rings is 1. The van der Waals surface area contributed by atoms with Crippen LogP contribution < -0.4 is 5.32 Å². The molecular weight excluding hydrogens is 429 g/mol. The Balaban J connectivity index is 1.99. The Bertz CT molecular complexity index is 902. The van der Waals surface area contributed by atoms with E-state index in [-0.39, 0.29) is 24.5 Å². The van der Waals surface area contributed by atoms with Crippen LogP contribution in [-0.2, 0) is 19.1 Å². The fraction of sp³-hybridized carbons (Fsp3) is 0.542. The Morgan fingerprint density at radius 3 is 2.45 bits per heavy atom. The summed E-state index contributed by atoms with van der Waals surface area (Å²) in [5.74, 6) is -1.40. The molecule has 1 saturated heterocycles. The van der Waals surface area contributed by atoms with Crippen LogP contribution in [0.3, 0.4) is 0 Å². The topological polar surface area (TPSA) is 88.2 Å². The normalized spacial score (nSPS) is 21.6. The Kier molecular flexibility index (Phi) is 8.43. The summed E-state index contributed by atoms with van der Waals surface area (Å²) in [5.41, 5.74) is 1.45. The SMILES string of the molecule is CCOC(=O)C1=C(CN2CCC[C@H](C(=O)OCC)C2)N(CC)C(=O)N[C@@H]1c1ccc(F)cc1. The molecule has 2 aliphatic heterocycles. The summed E-state index contributed by atoms with van der Waals surface area (Å²) >= 11 is 0. The van der Waals surface area contributed by atoms with Crippen molar-refractivity contribution in [3.8, 4) is 0 Å². The van der Waals surface area contributed by atoms with Crippen LogP contribution in [-0.4, -0.2) is 67.2 Å². The predicted octanol–water partition coefficient (Wildman–Crippen LogP) is 3.00. The van der Waals surface area contributed by atoms with Crippen LogP contribution in [0.15, 0.2) is 35.5 Å².